The maximum Gasteiger partial charge on any atom is 0.0189 e. The predicted octanol–water partition coefficient (Wildman–Crippen LogP) is 2.47. The van der Waals surface area contributed by atoms with Crippen molar-refractivity contribution in [2.45, 2.75) is 45.1 Å². The summed E-state index contributed by atoms with van der Waals surface area (Å²) in [6, 6.07) is 0.862. The van der Waals surface area contributed by atoms with E-state index < -0.39 is 0 Å². The molecule has 0 bridgehead atoms. The van der Waals surface area contributed by atoms with Crippen LogP contribution < -0.4 is 0 Å². The van der Waals surface area contributed by atoms with Gasteiger partial charge in [0.2, 0.25) is 0 Å². The largest absolute Gasteiger partial charge is 0.375 e. The van der Waals surface area contributed by atoms with Crippen molar-refractivity contribution in [3.05, 3.63) is 12.3 Å². The highest BCUT2D eigenvalue weighted by molar-refractivity contribution is 4.93. The SMILES string of the molecule is C=C(C)N1CCC(N2CCCCC2)CC1. The Morgan fingerprint density at radius 1 is 1.00 bits per heavy atom. The molecule has 0 amide bonds. The van der Waals surface area contributed by atoms with Crippen molar-refractivity contribution >= 4 is 0 Å². The third-order valence-corrected chi connectivity index (χ3v) is 3.91. The van der Waals surface area contributed by atoms with Gasteiger partial charge in [-0.15, -0.1) is 0 Å². The van der Waals surface area contributed by atoms with Crippen LogP contribution in [-0.2, 0) is 0 Å². The van der Waals surface area contributed by atoms with Crippen LogP contribution in [0.25, 0.3) is 0 Å². The number of hydrogen-bond acceptors (Lipinski definition) is 2. The van der Waals surface area contributed by atoms with Gasteiger partial charge in [0.25, 0.3) is 0 Å². The second-order valence-corrected chi connectivity index (χ2v) is 5.05. The number of hydrogen-bond donors (Lipinski definition) is 0. The Bertz CT molecular complexity index is 211. The quantitative estimate of drug-likeness (QED) is 0.688. The summed E-state index contributed by atoms with van der Waals surface area (Å²) in [5.41, 5.74) is 1.24. The zero-order valence-corrected chi connectivity index (χ0v) is 10.0. The first kappa shape index (κ1) is 11.0. The summed E-state index contributed by atoms with van der Waals surface area (Å²) in [5.74, 6) is 0. The average Bonchev–Trinajstić information content (AvgIpc) is 2.30. The van der Waals surface area contributed by atoms with Crippen LogP contribution >= 0.6 is 0 Å². The molecule has 2 aliphatic rings. The molecule has 0 unspecified atom stereocenters. The zero-order valence-electron chi connectivity index (χ0n) is 10.0. The fourth-order valence-corrected chi connectivity index (χ4v) is 2.90. The van der Waals surface area contributed by atoms with Gasteiger partial charge in [0, 0.05) is 24.8 Å². The van der Waals surface area contributed by atoms with Gasteiger partial charge in [-0.05, 0) is 45.7 Å². The minimum atomic E-state index is 0.862. The molecule has 2 nitrogen and oxygen atoms in total. The van der Waals surface area contributed by atoms with Gasteiger partial charge >= 0.3 is 0 Å². The average molecular weight is 208 g/mol. The molecule has 0 radical (unpaired) electrons. The maximum absolute atomic E-state index is 4.03. The van der Waals surface area contributed by atoms with Crippen molar-refractivity contribution in [2.75, 3.05) is 26.2 Å². The molecular weight excluding hydrogens is 184 g/mol. The number of piperidine rings is 2. The molecule has 15 heavy (non-hydrogen) atoms. The predicted molar refractivity (Wildman–Crippen MR) is 64.8 cm³/mol. The van der Waals surface area contributed by atoms with Crippen LogP contribution in [0.4, 0.5) is 0 Å². The lowest BCUT2D eigenvalue weighted by Crippen LogP contribution is -2.46. The normalized spacial score (nSPS) is 25.5. The first-order chi connectivity index (χ1) is 7.27. The Morgan fingerprint density at radius 2 is 1.60 bits per heavy atom. The lowest BCUT2D eigenvalue weighted by Gasteiger charge is -2.41. The second kappa shape index (κ2) is 5.02. The maximum atomic E-state index is 4.03. The first-order valence-corrected chi connectivity index (χ1v) is 6.42. The highest BCUT2D eigenvalue weighted by Gasteiger charge is 2.24. The van der Waals surface area contributed by atoms with E-state index in [1.165, 1.54) is 64.0 Å². The molecule has 0 spiro atoms. The van der Waals surface area contributed by atoms with E-state index in [0.717, 1.165) is 6.04 Å². The number of nitrogens with zero attached hydrogens (tertiary/aromatic N) is 2. The van der Waals surface area contributed by atoms with E-state index >= 15 is 0 Å². The van der Waals surface area contributed by atoms with Gasteiger partial charge in [-0.25, -0.2) is 0 Å². The van der Waals surface area contributed by atoms with Crippen molar-refractivity contribution in [2.24, 2.45) is 0 Å². The highest BCUT2D eigenvalue weighted by atomic mass is 15.2. The Morgan fingerprint density at radius 3 is 2.13 bits per heavy atom. The molecule has 2 heterocycles. The van der Waals surface area contributed by atoms with Gasteiger partial charge in [0.15, 0.2) is 0 Å². The van der Waals surface area contributed by atoms with Crippen molar-refractivity contribution in [3.8, 4) is 0 Å². The lowest BCUT2D eigenvalue weighted by atomic mass is 10.00. The fourth-order valence-electron chi connectivity index (χ4n) is 2.90. The molecule has 86 valence electrons. The van der Waals surface area contributed by atoms with Gasteiger partial charge in [0.1, 0.15) is 0 Å². The molecule has 2 heteroatoms. The summed E-state index contributed by atoms with van der Waals surface area (Å²) in [7, 11) is 0. The fraction of sp³-hybridized carbons (Fsp3) is 0.846. The molecular formula is C13H24N2. The minimum absolute atomic E-state index is 0.862. The molecule has 0 N–H and O–H groups in total. The van der Waals surface area contributed by atoms with E-state index in [2.05, 4.69) is 23.3 Å². The third-order valence-electron chi connectivity index (χ3n) is 3.91. The molecule has 2 aliphatic heterocycles. The first-order valence-electron chi connectivity index (χ1n) is 6.42. The smallest absolute Gasteiger partial charge is 0.0189 e. The molecule has 0 aromatic heterocycles. The highest BCUT2D eigenvalue weighted by Crippen LogP contribution is 2.22. The summed E-state index contributed by atoms with van der Waals surface area (Å²) in [5, 5.41) is 0. The molecule has 0 saturated carbocycles. The molecule has 0 aliphatic carbocycles. The van der Waals surface area contributed by atoms with E-state index in [1.807, 2.05) is 0 Å². The Labute approximate surface area is 93.9 Å². The number of rotatable bonds is 2. The van der Waals surface area contributed by atoms with E-state index in [-0.39, 0.29) is 0 Å². The van der Waals surface area contributed by atoms with E-state index in [0.29, 0.717) is 0 Å². The lowest BCUT2D eigenvalue weighted by molar-refractivity contribution is 0.105. The van der Waals surface area contributed by atoms with Crippen molar-refractivity contribution in [1.82, 2.24) is 9.80 Å². The standard InChI is InChI=1S/C13H24N2/c1-12(2)14-10-6-13(7-11-14)15-8-4-3-5-9-15/h13H,1,3-11H2,2H3. The molecule has 0 aromatic carbocycles. The van der Waals surface area contributed by atoms with Crippen LogP contribution in [0.5, 0.6) is 0 Å². The Balaban J connectivity index is 1.79. The zero-order chi connectivity index (χ0) is 10.7. The molecule has 2 rings (SSSR count). The van der Waals surface area contributed by atoms with Crippen LogP contribution in [0.2, 0.25) is 0 Å². The Hall–Kier alpha value is -0.500. The number of likely N-dealkylation sites (tertiary alicyclic amines) is 2. The molecule has 0 aromatic rings. The molecule has 2 saturated heterocycles. The van der Waals surface area contributed by atoms with Crippen molar-refractivity contribution in [1.29, 1.82) is 0 Å². The van der Waals surface area contributed by atoms with Gasteiger partial charge in [-0.2, -0.15) is 0 Å². The van der Waals surface area contributed by atoms with Gasteiger partial charge < -0.3 is 9.80 Å². The molecule has 0 atom stereocenters. The Kier molecular flexibility index (Phi) is 3.68. The van der Waals surface area contributed by atoms with Gasteiger partial charge in [-0.1, -0.05) is 13.0 Å². The number of allylic oxidation sites excluding steroid dienone is 1. The van der Waals surface area contributed by atoms with E-state index in [4.69, 9.17) is 0 Å². The summed E-state index contributed by atoms with van der Waals surface area (Å²) >= 11 is 0. The van der Waals surface area contributed by atoms with Crippen LogP contribution in [0, 0.1) is 0 Å². The van der Waals surface area contributed by atoms with E-state index in [9.17, 15) is 0 Å². The second-order valence-electron chi connectivity index (χ2n) is 5.05. The van der Waals surface area contributed by atoms with E-state index in [1.54, 1.807) is 0 Å². The van der Waals surface area contributed by atoms with Crippen LogP contribution in [0.15, 0.2) is 12.3 Å². The van der Waals surface area contributed by atoms with Gasteiger partial charge in [-0.3, -0.25) is 0 Å². The molecule has 2 fully saturated rings. The van der Waals surface area contributed by atoms with Crippen molar-refractivity contribution in [3.63, 3.8) is 0 Å². The third kappa shape index (κ3) is 2.75. The summed E-state index contributed by atoms with van der Waals surface area (Å²) in [6.45, 7) is 11.3. The monoisotopic (exact) mass is 208 g/mol. The van der Waals surface area contributed by atoms with Gasteiger partial charge in [0.05, 0.1) is 0 Å². The van der Waals surface area contributed by atoms with Crippen LogP contribution in [0.3, 0.4) is 0 Å². The summed E-state index contributed by atoms with van der Waals surface area (Å²) in [6.07, 6.45) is 6.96. The topological polar surface area (TPSA) is 6.48 Å². The summed E-state index contributed by atoms with van der Waals surface area (Å²) < 4.78 is 0. The summed E-state index contributed by atoms with van der Waals surface area (Å²) in [4.78, 5) is 5.15. The minimum Gasteiger partial charge on any atom is -0.375 e. The van der Waals surface area contributed by atoms with Crippen LogP contribution in [0.1, 0.15) is 39.0 Å². The van der Waals surface area contributed by atoms with Crippen LogP contribution in [-0.4, -0.2) is 42.0 Å². The van der Waals surface area contributed by atoms with Crippen molar-refractivity contribution < 1.29 is 0 Å².